The Morgan fingerprint density at radius 2 is 2.07 bits per heavy atom. The number of nitrogens with zero attached hydrogens (tertiary/aromatic N) is 3. The highest BCUT2D eigenvalue weighted by Gasteiger charge is 2.33. The van der Waals surface area contributed by atoms with Gasteiger partial charge in [-0.2, -0.15) is 4.31 Å². The summed E-state index contributed by atoms with van der Waals surface area (Å²) in [4.78, 5) is 15.3. The van der Waals surface area contributed by atoms with Crippen LogP contribution in [0.25, 0.3) is 0 Å². The van der Waals surface area contributed by atoms with Crippen molar-refractivity contribution in [2.75, 3.05) is 61.4 Å². The lowest BCUT2D eigenvalue weighted by molar-refractivity contribution is 0.142. The van der Waals surface area contributed by atoms with Crippen LogP contribution in [0.5, 0.6) is 0 Å². The van der Waals surface area contributed by atoms with Gasteiger partial charge < -0.3 is 19.7 Å². The molecule has 1 unspecified atom stereocenters. The van der Waals surface area contributed by atoms with Crippen LogP contribution in [-0.4, -0.2) is 81.7 Å². The quantitative estimate of drug-likeness (QED) is 0.481. The molecule has 1 aromatic carbocycles. The smallest absolute Gasteiger partial charge is 0.414 e. The van der Waals surface area contributed by atoms with E-state index in [0.29, 0.717) is 24.5 Å². The molecule has 1 amide bonds. The lowest BCUT2D eigenvalue weighted by Gasteiger charge is -2.35. The van der Waals surface area contributed by atoms with Crippen LogP contribution in [0.4, 0.5) is 20.6 Å². The number of halogens is 2. The molecule has 1 N–H and O–H groups in total. The topological polar surface area (TPSA) is 91.4 Å². The average molecular weight is 481 g/mol. The maximum atomic E-state index is 14.8. The molecular weight excluding hydrogens is 459 g/mol. The maximum absolute atomic E-state index is 14.8. The number of carbonyl (C=O) groups excluding carboxylic acids is 1. The Morgan fingerprint density at radius 1 is 1.37 bits per heavy atom. The van der Waals surface area contributed by atoms with Gasteiger partial charge in [0.05, 0.1) is 31.6 Å². The van der Waals surface area contributed by atoms with Gasteiger partial charge in [0.25, 0.3) is 5.17 Å². The number of hydrogen-bond acceptors (Lipinski definition) is 7. The predicted octanol–water partition coefficient (Wildman–Crippen LogP) is 1.32. The van der Waals surface area contributed by atoms with E-state index in [1.807, 2.05) is 0 Å². The molecule has 1 atom stereocenters. The fraction of sp³-hybridized carbons (Fsp3) is 0.529. The summed E-state index contributed by atoms with van der Waals surface area (Å²) in [5.74, 6) is -0.504. The second-order valence-corrected chi connectivity index (χ2v) is 9.66. The minimum absolute atomic E-state index is 0.193. The summed E-state index contributed by atoms with van der Waals surface area (Å²) < 4.78 is 49.9. The van der Waals surface area contributed by atoms with Crippen molar-refractivity contribution in [3.05, 3.63) is 24.0 Å². The molecule has 2 heterocycles. The van der Waals surface area contributed by atoms with Gasteiger partial charge in [-0.3, -0.25) is 4.90 Å². The first-order chi connectivity index (χ1) is 14.2. The molecule has 0 saturated carbocycles. The minimum atomic E-state index is -3.48. The number of sulfonamides is 1. The molecule has 2 fully saturated rings. The molecular formula is C17H22ClFN4O5S2. The summed E-state index contributed by atoms with van der Waals surface area (Å²) in [7, 11) is -2.05. The monoisotopic (exact) mass is 480 g/mol. The third-order valence-corrected chi connectivity index (χ3v) is 7.45. The maximum Gasteiger partial charge on any atom is 0.414 e. The summed E-state index contributed by atoms with van der Waals surface area (Å²) in [6.07, 6.45) is -1.03. The first kappa shape index (κ1) is 22.8. The molecule has 2 aliphatic rings. The van der Waals surface area contributed by atoms with E-state index >= 15 is 0 Å². The summed E-state index contributed by atoms with van der Waals surface area (Å²) in [6, 6.07) is 4.49. The second-order valence-electron chi connectivity index (χ2n) is 6.73. The fourth-order valence-electron chi connectivity index (χ4n) is 3.30. The van der Waals surface area contributed by atoms with Crippen molar-refractivity contribution in [2.24, 2.45) is 0 Å². The Labute approximate surface area is 184 Å². The number of cyclic esters (lactones) is 1. The highest BCUT2D eigenvalue weighted by molar-refractivity contribution is 7.90. The summed E-state index contributed by atoms with van der Waals surface area (Å²) in [6.45, 7) is 1.66. The zero-order chi connectivity index (χ0) is 21.9. The van der Waals surface area contributed by atoms with Crippen molar-refractivity contribution in [3.8, 4) is 0 Å². The van der Waals surface area contributed by atoms with E-state index < -0.39 is 33.2 Å². The van der Waals surface area contributed by atoms with E-state index in [0.717, 1.165) is 0 Å². The van der Waals surface area contributed by atoms with Crippen molar-refractivity contribution >= 4 is 56.5 Å². The number of thiocarbonyl (C=S) groups is 1. The molecule has 0 bridgehead atoms. The molecule has 0 aliphatic carbocycles. The lowest BCUT2D eigenvalue weighted by Crippen LogP contribution is -2.49. The molecule has 2 saturated heterocycles. The van der Waals surface area contributed by atoms with Gasteiger partial charge in [0, 0.05) is 26.2 Å². The summed E-state index contributed by atoms with van der Waals surface area (Å²) in [5.41, 5.74) is 0.722. The SMILES string of the molecule is COC(=S)NCC1CN(c2ccc(N3CCN(S(=O)(=O)CCl)CC3)c(F)c2)C(=O)O1. The van der Waals surface area contributed by atoms with Gasteiger partial charge in [0.2, 0.25) is 10.0 Å². The molecule has 13 heteroatoms. The largest absolute Gasteiger partial charge is 0.474 e. The van der Waals surface area contributed by atoms with E-state index in [1.165, 1.54) is 22.4 Å². The Hall–Kier alpha value is -1.89. The molecule has 166 valence electrons. The van der Waals surface area contributed by atoms with E-state index in [9.17, 15) is 17.6 Å². The van der Waals surface area contributed by atoms with Crippen molar-refractivity contribution in [1.82, 2.24) is 9.62 Å². The Bertz CT molecular complexity index is 911. The third-order valence-electron chi connectivity index (χ3n) is 4.89. The molecule has 3 rings (SSSR count). The number of piperazine rings is 1. The molecule has 9 nitrogen and oxygen atoms in total. The first-order valence-corrected chi connectivity index (χ1v) is 11.7. The summed E-state index contributed by atoms with van der Waals surface area (Å²) >= 11 is 10.4. The van der Waals surface area contributed by atoms with Gasteiger partial charge in [-0.15, -0.1) is 11.6 Å². The van der Waals surface area contributed by atoms with Crippen LogP contribution in [0, 0.1) is 5.82 Å². The molecule has 0 radical (unpaired) electrons. The van der Waals surface area contributed by atoms with Crippen LogP contribution in [0.15, 0.2) is 18.2 Å². The number of carbonyl (C=O) groups is 1. The van der Waals surface area contributed by atoms with E-state index in [2.05, 4.69) is 5.32 Å². The van der Waals surface area contributed by atoms with Crippen LogP contribution in [0.3, 0.4) is 0 Å². The number of nitrogens with one attached hydrogen (secondary N) is 1. The average Bonchev–Trinajstić information content (AvgIpc) is 3.12. The standard InChI is InChI=1S/C17H22ClFN4O5S2/c1-27-16(29)20-9-13-10-23(17(24)28-13)12-2-3-15(14(19)8-12)21-4-6-22(7-5-21)30(25,26)11-18/h2-3,8,13H,4-7,9-11H2,1H3,(H,20,29). The van der Waals surface area contributed by atoms with Crippen LogP contribution in [0.2, 0.25) is 0 Å². The van der Waals surface area contributed by atoms with Gasteiger partial charge in [0.15, 0.2) is 0 Å². The zero-order valence-electron chi connectivity index (χ0n) is 16.2. The van der Waals surface area contributed by atoms with Crippen molar-refractivity contribution in [2.45, 2.75) is 6.10 Å². The minimum Gasteiger partial charge on any atom is -0.474 e. The highest BCUT2D eigenvalue weighted by Crippen LogP contribution is 2.28. The van der Waals surface area contributed by atoms with Gasteiger partial charge in [-0.25, -0.2) is 17.6 Å². The van der Waals surface area contributed by atoms with Crippen LogP contribution < -0.4 is 15.1 Å². The summed E-state index contributed by atoms with van der Waals surface area (Å²) in [5, 5.41) is 2.54. The van der Waals surface area contributed by atoms with Crippen LogP contribution >= 0.6 is 23.8 Å². The molecule has 0 aromatic heterocycles. The molecule has 30 heavy (non-hydrogen) atoms. The first-order valence-electron chi connectivity index (χ1n) is 9.13. The number of rotatable bonds is 6. The Balaban J connectivity index is 1.63. The number of hydrogen-bond donors (Lipinski definition) is 1. The van der Waals surface area contributed by atoms with Gasteiger partial charge in [0.1, 0.15) is 17.1 Å². The normalized spacial score (nSPS) is 20.2. The van der Waals surface area contributed by atoms with Crippen LogP contribution in [0.1, 0.15) is 0 Å². The van der Waals surface area contributed by atoms with Gasteiger partial charge in [-0.05, 0) is 30.4 Å². The molecule has 0 spiro atoms. The number of ether oxygens (including phenoxy) is 2. The third kappa shape index (κ3) is 5.05. The van der Waals surface area contributed by atoms with E-state index in [4.69, 9.17) is 33.3 Å². The van der Waals surface area contributed by atoms with Gasteiger partial charge in [-0.1, -0.05) is 0 Å². The fourth-order valence-corrected chi connectivity index (χ4v) is 4.66. The molecule has 2 aliphatic heterocycles. The van der Waals surface area contributed by atoms with Crippen molar-refractivity contribution in [3.63, 3.8) is 0 Å². The Morgan fingerprint density at radius 3 is 2.67 bits per heavy atom. The van der Waals surface area contributed by atoms with Crippen molar-refractivity contribution in [1.29, 1.82) is 0 Å². The number of benzene rings is 1. The predicted molar refractivity (Wildman–Crippen MR) is 115 cm³/mol. The number of methoxy groups -OCH3 is 1. The number of amides is 1. The second kappa shape index (κ2) is 9.50. The molecule has 1 aromatic rings. The van der Waals surface area contributed by atoms with Gasteiger partial charge >= 0.3 is 6.09 Å². The van der Waals surface area contributed by atoms with Crippen molar-refractivity contribution < 1.29 is 27.1 Å². The number of alkyl halides is 1. The van der Waals surface area contributed by atoms with E-state index in [-0.39, 0.29) is 31.4 Å². The zero-order valence-corrected chi connectivity index (χ0v) is 18.6. The highest BCUT2D eigenvalue weighted by atomic mass is 35.5. The van der Waals surface area contributed by atoms with Crippen LogP contribution in [-0.2, 0) is 19.5 Å². The Kier molecular flexibility index (Phi) is 7.22. The van der Waals surface area contributed by atoms with E-state index in [1.54, 1.807) is 17.0 Å². The lowest BCUT2D eigenvalue weighted by atomic mass is 10.2. The number of anilines is 2.